The van der Waals surface area contributed by atoms with Crippen LogP contribution in [0.4, 0.5) is 5.82 Å². The lowest BCUT2D eigenvalue weighted by Crippen LogP contribution is -2.05. The number of fused-ring (bicyclic) bond motifs is 1. The van der Waals surface area contributed by atoms with Crippen molar-refractivity contribution in [3.8, 4) is 5.82 Å². The molecule has 2 aromatic heterocycles. The van der Waals surface area contributed by atoms with Gasteiger partial charge in [0.05, 0.1) is 11.2 Å². The normalized spacial score (nSPS) is 11.0. The average Bonchev–Trinajstić information content (AvgIpc) is 2.67. The number of aryl methyl sites for hydroxylation is 1. The van der Waals surface area contributed by atoms with Crippen molar-refractivity contribution in [1.82, 2.24) is 19.7 Å². The van der Waals surface area contributed by atoms with Crippen molar-refractivity contribution in [2.45, 2.75) is 6.92 Å². The first-order chi connectivity index (χ1) is 8.65. The van der Waals surface area contributed by atoms with Crippen LogP contribution in [0, 0.1) is 6.92 Å². The Kier molecular flexibility index (Phi) is 2.41. The van der Waals surface area contributed by atoms with Gasteiger partial charge in [-0.15, -0.1) is 0 Å². The van der Waals surface area contributed by atoms with Crippen molar-refractivity contribution in [3.63, 3.8) is 0 Å². The number of aromatic nitrogens is 4. The second-order valence-electron chi connectivity index (χ2n) is 3.98. The van der Waals surface area contributed by atoms with Crippen LogP contribution in [0.2, 0.25) is 5.02 Å². The molecule has 0 radical (unpaired) electrons. The lowest BCUT2D eigenvalue weighted by atomic mass is 10.2. The lowest BCUT2D eigenvalue weighted by molar-refractivity contribution is 0.845. The summed E-state index contributed by atoms with van der Waals surface area (Å²) in [5.41, 5.74) is 7.51. The Balaban J connectivity index is 2.32. The summed E-state index contributed by atoms with van der Waals surface area (Å²) < 4.78 is 1.60. The fourth-order valence-corrected chi connectivity index (χ4v) is 2.04. The Bertz CT molecular complexity index is 734. The SMILES string of the molecule is Cc1cc(N)n(-c2ncnc3cc(Cl)ccc23)n1. The van der Waals surface area contributed by atoms with Crippen molar-refractivity contribution < 1.29 is 0 Å². The summed E-state index contributed by atoms with van der Waals surface area (Å²) in [7, 11) is 0. The number of nitrogen functional groups attached to an aromatic ring is 1. The van der Waals surface area contributed by atoms with Gasteiger partial charge in [0, 0.05) is 16.5 Å². The molecule has 0 aliphatic carbocycles. The number of nitrogens with zero attached hydrogens (tertiary/aromatic N) is 4. The highest BCUT2D eigenvalue weighted by Crippen LogP contribution is 2.23. The van der Waals surface area contributed by atoms with E-state index in [2.05, 4.69) is 15.1 Å². The third-order valence-electron chi connectivity index (χ3n) is 2.64. The Hall–Kier alpha value is -2.14. The predicted molar refractivity (Wildman–Crippen MR) is 70.8 cm³/mol. The minimum absolute atomic E-state index is 0.544. The fourth-order valence-electron chi connectivity index (χ4n) is 1.87. The van der Waals surface area contributed by atoms with Crippen molar-refractivity contribution in [1.29, 1.82) is 0 Å². The summed E-state index contributed by atoms with van der Waals surface area (Å²) in [6.07, 6.45) is 1.48. The van der Waals surface area contributed by atoms with Gasteiger partial charge in [-0.3, -0.25) is 0 Å². The van der Waals surface area contributed by atoms with E-state index in [-0.39, 0.29) is 0 Å². The Morgan fingerprint density at radius 1 is 1.22 bits per heavy atom. The minimum atomic E-state index is 0.544. The molecule has 0 fully saturated rings. The predicted octanol–water partition coefficient (Wildman–Crippen LogP) is 2.36. The number of benzene rings is 1. The van der Waals surface area contributed by atoms with Gasteiger partial charge in [-0.1, -0.05) is 11.6 Å². The molecule has 5 nitrogen and oxygen atoms in total. The van der Waals surface area contributed by atoms with Crippen LogP contribution >= 0.6 is 11.6 Å². The number of hydrogen-bond acceptors (Lipinski definition) is 4. The van der Waals surface area contributed by atoms with Gasteiger partial charge < -0.3 is 5.73 Å². The van der Waals surface area contributed by atoms with Crippen LogP contribution in [0.1, 0.15) is 5.69 Å². The van der Waals surface area contributed by atoms with Crippen LogP contribution in [0.25, 0.3) is 16.7 Å². The van der Waals surface area contributed by atoms with Gasteiger partial charge >= 0.3 is 0 Å². The molecule has 0 spiro atoms. The molecule has 6 heteroatoms. The Morgan fingerprint density at radius 3 is 2.78 bits per heavy atom. The summed E-state index contributed by atoms with van der Waals surface area (Å²) in [6, 6.07) is 7.24. The van der Waals surface area contributed by atoms with E-state index in [1.807, 2.05) is 13.0 Å². The van der Waals surface area contributed by atoms with E-state index in [9.17, 15) is 0 Å². The zero-order valence-electron chi connectivity index (χ0n) is 9.63. The van der Waals surface area contributed by atoms with Crippen LogP contribution in [0.5, 0.6) is 0 Å². The summed E-state index contributed by atoms with van der Waals surface area (Å²) in [6.45, 7) is 1.88. The fraction of sp³-hybridized carbons (Fsp3) is 0.0833. The van der Waals surface area contributed by atoms with Crippen LogP contribution in [0.3, 0.4) is 0 Å². The molecule has 0 unspecified atom stereocenters. The van der Waals surface area contributed by atoms with Gasteiger partial charge in [-0.05, 0) is 25.1 Å². The second-order valence-corrected chi connectivity index (χ2v) is 4.42. The van der Waals surface area contributed by atoms with Gasteiger partial charge in [0.1, 0.15) is 12.1 Å². The molecular weight excluding hydrogens is 250 g/mol. The first-order valence-corrected chi connectivity index (χ1v) is 5.76. The smallest absolute Gasteiger partial charge is 0.166 e. The number of hydrogen-bond donors (Lipinski definition) is 1. The Labute approximate surface area is 108 Å². The molecule has 2 heterocycles. The monoisotopic (exact) mass is 259 g/mol. The number of anilines is 1. The van der Waals surface area contributed by atoms with Crippen LogP contribution < -0.4 is 5.73 Å². The quantitative estimate of drug-likeness (QED) is 0.728. The van der Waals surface area contributed by atoms with Gasteiger partial charge in [0.15, 0.2) is 5.82 Å². The molecule has 3 aromatic rings. The van der Waals surface area contributed by atoms with Gasteiger partial charge in [0.2, 0.25) is 0 Å². The highest BCUT2D eigenvalue weighted by Gasteiger charge is 2.10. The molecule has 90 valence electrons. The molecule has 3 rings (SSSR count). The number of rotatable bonds is 1. The summed E-state index contributed by atoms with van der Waals surface area (Å²) >= 11 is 5.94. The topological polar surface area (TPSA) is 69.6 Å². The first-order valence-electron chi connectivity index (χ1n) is 5.38. The number of nitrogens with two attached hydrogens (primary N) is 1. The minimum Gasteiger partial charge on any atom is -0.384 e. The van der Waals surface area contributed by atoms with E-state index >= 15 is 0 Å². The molecule has 1 aromatic carbocycles. The third-order valence-corrected chi connectivity index (χ3v) is 2.87. The molecule has 0 saturated carbocycles. The molecule has 0 bridgehead atoms. The standard InChI is InChI=1S/C12H10ClN5/c1-7-4-11(14)18(17-7)12-9-3-2-8(13)5-10(9)15-6-16-12/h2-6H,14H2,1H3. The molecule has 0 aliphatic rings. The molecule has 0 atom stereocenters. The van der Waals surface area contributed by atoms with E-state index in [1.54, 1.807) is 22.9 Å². The average molecular weight is 260 g/mol. The molecule has 0 saturated heterocycles. The van der Waals surface area contributed by atoms with Crippen LogP contribution in [-0.4, -0.2) is 19.7 Å². The first kappa shape index (κ1) is 11.0. The van der Waals surface area contributed by atoms with E-state index in [0.717, 1.165) is 16.6 Å². The summed E-state index contributed by atoms with van der Waals surface area (Å²) in [4.78, 5) is 8.43. The maximum Gasteiger partial charge on any atom is 0.166 e. The van der Waals surface area contributed by atoms with E-state index in [0.29, 0.717) is 16.7 Å². The summed E-state index contributed by atoms with van der Waals surface area (Å²) in [5, 5.41) is 5.82. The van der Waals surface area contributed by atoms with E-state index in [1.165, 1.54) is 6.33 Å². The zero-order valence-corrected chi connectivity index (χ0v) is 10.4. The van der Waals surface area contributed by atoms with Crippen molar-refractivity contribution in [2.24, 2.45) is 0 Å². The Morgan fingerprint density at radius 2 is 2.06 bits per heavy atom. The molecule has 2 N–H and O–H groups in total. The zero-order chi connectivity index (χ0) is 12.7. The van der Waals surface area contributed by atoms with Crippen LogP contribution in [-0.2, 0) is 0 Å². The van der Waals surface area contributed by atoms with Crippen molar-refractivity contribution in [3.05, 3.63) is 41.3 Å². The van der Waals surface area contributed by atoms with Crippen LogP contribution in [0.15, 0.2) is 30.6 Å². The molecule has 18 heavy (non-hydrogen) atoms. The van der Waals surface area contributed by atoms with Gasteiger partial charge in [-0.2, -0.15) is 9.78 Å². The highest BCUT2D eigenvalue weighted by molar-refractivity contribution is 6.31. The van der Waals surface area contributed by atoms with Crippen molar-refractivity contribution >= 4 is 28.3 Å². The third kappa shape index (κ3) is 1.69. The van der Waals surface area contributed by atoms with Gasteiger partial charge in [0.25, 0.3) is 0 Å². The second kappa shape index (κ2) is 3.96. The molecule has 0 amide bonds. The van der Waals surface area contributed by atoms with Gasteiger partial charge in [-0.25, -0.2) is 9.97 Å². The maximum absolute atomic E-state index is 5.94. The number of halogens is 1. The largest absolute Gasteiger partial charge is 0.384 e. The summed E-state index contributed by atoms with van der Waals surface area (Å²) in [5.74, 6) is 1.20. The van der Waals surface area contributed by atoms with E-state index in [4.69, 9.17) is 17.3 Å². The lowest BCUT2D eigenvalue weighted by Gasteiger charge is -2.06. The molecular formula is C12H10ClN5. The highest BCUT2D eigenvalue weighted by atomic mass is 35.5. The van der Waals surface area contributed by atoms with E-state index < -0.39 is 0 Å². The van der Waals surface area contributed by atoms with Crippen molar-refractivity contribution in [2.75, 3.05) is 5.73 Å². The molecule has 0 aliphatic heterocycles. The maximum atomic E-state index is 5.94.